The van der Waals surface area contributed by atoms with Crippen LogP contribution >= 0.6 is 24.0 Å². The molecule has 146 valence electrons. The summed E-state index contributed by atoms with van der Waals surface area (Å²) in [6, 6.07) is 9.44. The van der Waals surface area contributed by atoms with Gasteiger partial charge in [-0.25, -0.2) is 13.8 Å². The first-order valence-corrected chi connectivity index (χ1v) is 8.73. The van der Waals surface area contributed by atoms with Crippen LogP contribution in [0.1, 0.15) is 5.56 Å². The molecule has 0 aliphatic carbocycles. The van der Waals surface area contributed by atoms with Crippen LogP contribution in [0.25, 0.3) is 0 Å². The van der Waals surface area contributed by atoms with Crippen molar-refractivity contribution in [1.82, 2.24) is 15.2 Å². The number of aliphatic imine (C=N–C) groups is 1. The molecule has 0 radical (unpaired) electrons. The summed E-state index contributed by atoms with van der Waals surface area (Å²) in [4.78, 5) is 13.1. The lowest BCUT2D eigenvalue weighted by Crippen LogP contribution is -2.53. The fraction of sp³-hybridized carbons (Fsp3) is 0.368. The number of piperazine rings is 1. The van der Waals surface area contributed by atoms with Gasteiger partial charge in [0.1, 0.15) is 17.5 Å². The van der Waals surface area contributed by atoms with Crippen LogP contribution in [0.2, 0.25) is 0 Å². The molecule has 0 bridgehead atoms. The second-order valence-electron chi connectivity index (χ2n) is 6.12. The minimum Gasteiger partial charge on any atom is -0.356 e. The van der Waals surface area contributed by atoms with Crippen LogP contribution in [0.15, 0.2) is 47.6 Å². The van der Waals surface area contributed by atoms with Crippen molar-refractivity contribution in [2.24, 2.45) is 4.99 Å². The van der Waals surface area contributed by atoms with E-state index < -0.39 is 5.82 Å². The zero-order valence-corrected chi connectivity index (χ0v) is 17.6. The molecule has 0 spiro atoms. The van der Waals surface area contributed by atoms with Gasteiger partial charge < -0.3 is 15.1 Å². The van der Waals surface area contributed by atoms with Crippen LogP contribution in [-0.4, -0.2) is 55.6 Å². The molecule has 0 saturated carbocycles. The van der Waals surface area contributed by atoms with E-state index in [1.807, 2.05) is 18.2 Å². The minimum atomic E-state index is -0.420. The lowest BCUT2D eigenvalue weighted by atomic mass is 10.1. The molecule has 1 aromatic heterocycles. The van der Waals surface area contributed by atoms with Gasteiger partial charge in [0, 0.05) is 46.0 Å². The average molecular weight is 487 g/mol. The predicted octanol–water partition coefficient (Wildman–Crippen LogP) is 2.92. The van der Waals surface area contributed by atoms with E-state index in [-0.39, 0.29) is 29.8 Å². The van der Waals surface area contributed by atoms with Gasteiger partial charge in [0.05, 0.1) is 0 Å². The molecule has 8 heteroatoms. The summed E-state index contributed by atoms with van der Waals surface area (Å²) in [6.07, 6.45) is 2.20. The maximum Gasteiger partial charge on any atom is 0.193 e. The fourth-order valence-corrected chi connectivity index (χ4v) is 3.06. The highest BCUT2D eigenvalue weighted by Crippen LogP contribution is 2.13. The fourth-order valence-electron chi connectivity index (χ4n) is 3.06. The molecule has 27 heavy (non-hydrogen) atoms. The Kier molecular flexibility index (Phi) is 8.21. The highest BCUT2D eigenvalue weighted by atomic mass is 127. The number of benzene rings is 1. The number of hydrogen-bond acceptors (Lipinski definition) is 3. The highest BCUT2D eigenvalue weighted by molar-refractivity contribution is 14.0. The van der Waals surface area contributed by atoms with Gasteiger partial charge in [-0.05, 0) is 42.3 Å². The third-order valence-corrected chi connectivity index (χ3v) is 4.45. The van der Waals surface area contributed by atoms with Crippen LogP contribution in [0.3, 0.4) is 0 Å². The number of guanidine groups is 1. The monoisotopic (exact) mass is 487 g/mol. The van der Waals surface area contributed by atoms with Crippen LogP contribution < -0.4 is 10.2 Å². The zero-order chi connectivity index (χ0) is 18.4. The van der Waals surface area contributed by atoms with Crippen molar-refractivity contribution >= 4 is 35.8 Å². The molecular weight excluding hydrogens is 463 g/mol. The van der Waals surface area contributed by atoms with Gasteiger partial charge in [0.25, 0.3) is 0 Å². The molecule has 1 aliphatic heterocycles. The number of nitrogens with zero attached hydrogens (tertiary/aromatic N) is 4. The molecule has 1 saturated heterocycles. The Morgan fingerprint density at radius 3 is 2.59 bits per heavy atom. The second-order valence-corrected chi connectivity index (χ2v) is 6.12. The lowest BCUT2D eigenvalue weighted by Gasteiger charge is -2.37. The van der Waals surface area contributed by atoms with Gasteiger partial charge in [0.2, 0.25) is 0 Å². The van der Waals surface area contributed by atoms with E-state index in [0.29, 0.717) is 18.5 Å². The molecule has 1 aromatic carbocycles. The average Bonchev–Trinajstić information content (AvgIpc) is 2.69. The molecule has 3 rings (SSSR count). The summed E-state index contributed by atoms with van der Waals surface area (Å²) in [5, 5.41) is 3.24. The van der Waals surface area contributed by atoms with Crippen molar-refractivity contribution in [3.8, 4) is 0 Å². The van der Waals surface area contributed by atoms with Crippen molar-refractivity contribution in [3.05, 3.63) is 59.8 Å². The maximum atomic E-state index is 13.7. The number of rotatable bonds is 4. The summed E-state index contributed by atoms with van der Waals surface area (Å²) < 4.78 is 26.9. The van der Waals surface area contributed by atoms with E-state index in [1.165, 1.54) is 6.07 Å². The number of aromatic nitrogens is 1. The number of hydrogen-bond donors (Lipinski definition) is 1. The molecule has 5 nitrogen and oxygen atoms in total. The molecule has 0 atom stereocenters. The Hall–Kier alpha value is -1.97. The molecule has 0 amide bonds. The van der Waals surface area contributed by atoms with Crippen LogP contribution in [0.4, 0.5) is 14.6 Å². The van der Waals surface area contributed by atoms with Crippen LogP contribution in [0.5, 0.6) is 0 Å². The van der Waals surface area contributed by atoms with Crippen molar-refractivity contribution in [1.29, 1.82) is 0 Å². The Bertz CT molecular complexity index is 749. The molecule has 1 fully saturated rings. The van der Waals surface area contributed by atoms with E-state index in [2.05, 4.69) is 25.1 Å². The van der Waals surface area contributed by atoms with Gasteiger partial charge in [-0.3, -0.25) is 4.99 Å². The lowest BCUT2D eigenvalue weighted by molar-refractivity contribution is 0.371. The zero-order valence-electron chi connectivity index (χ0n) is 15.2. The van der Waals surface area contributed by atoms with E-state index in [9.17, 15) is 8.78 Å². The van der Waals surface area contributed by atoms with Gasteiger partial charge in [-0.2, -0.15) is 0 Å². The van der Waals surface area contributed by atoms with Crippen molar-refractivity contribution < 1.29 is 8.78 Å². The van der Waals surface area contributed by atoms with Gasteiger partial charge in [-0.1, -0.05) is 6.07 Å². The van der Waals surface area contributed by atoms with Crippen LogP contribution in [-0.2, 0) is 6.42 Å². The second kappa shape index (κ2) is 10.4. The summed E-state index contributed by atoms with van der Waals surface area (Å²) in [5.41, 5.74) is 0.368. The molecule has 0 unspecified atom stereocenters. The van der Waals surface area contributed by atoms with Crippen LogP contribution in [0, 0.1) is 11.6 Å². The third-order valence-electron chi connectivity index (χ3n) is 4.45. The van der Waals surface area contributed by atoms with E-state index in [0.717, 1.165) is 50.1 Å². The number of pyridine rings is 1. The highest BCUT2D eigenvalue weighted by Gasteiger charge is 2.20. The summed E-state index contributed by atoms with van der Waals surface area (Å²) >= 11 is 0. The largest absolute Gasteiger partial charge is 0.356 e. The van der Waals surface area contributed by atoms with Crippen molar-refractivity contribution in [3.63, 3.8) is 0 Å². The number of halogens is 3. The smallest absolute Gasteiger partial charge is 0.193 e. The molecule has 2 aromatic rings. The standard InChI is InChI=1S/C19H23F2N5.HI/c1-22-19(24-9-7-15-14-16(20)5-6-17(15)21)26-12-10-25(11-13-26)18-4-2-3-8-23-18;/h2-6,8,14H,7,9-13H2,1H3,(H,22,24);1H. The number of anilines is 1. The first-order chi connectivity index (χ1) is 12.7. The molecule has 1 N–H and O–H groups in total. The summed E-state index contributed by atoms with van der Waals surface area (Å²) in [5.74, 6) is 0.961. The third kappa shape index (κ3) is 5.75. The van der Waals surface area contributed by atoms with E-state index >= 15 is 0 Å². The first-order valence-electron chi connectivity index (χ1n) is 8.73. The Balaban J connectivity index is 0.00000261. The first kappa shape index (κ1) is 21.3. The molecular formula is C19H24F2IN5. The topological polar surface area (TPSA) is 43.8 Å². The minimum absolute atomic E-state index is 0. The SMILES string of the molecule is CN=C(NCCc1cc(F)ccc1F)N1CCN(c2ccccn2)CC1.I. The van der Waals surface area contributed by atoms with E-state index in [4.69, 9.17) is 0 Å². The Labute approximate surface area is 175 Å². The Morgan fingerprint density at radius 1 is 1.15 bits per heavy atom. The maximum absolute atomic E-state index is 13.7. The van der Waals surface area contributed by atoms with E-state index in [1.54, 1.807) is 13.2 Å². The predicted molar refractivity (Wildman–Crippen MR) is 115 cm³/mol. The normalized spacial score (nSPS) is 14.7. The van der Waals surface area contributed by atoms with Crippen molar-refractivity contribution in [2.75, 3.05) is 44.7 Å². The molecule has 1 aliphatic rings. The van der Waals surface area contributed by atoms with Crippen molar-refractivity contribution in [2.45, 2.75) is 6.42 Å². The quantitative estimate of drug-likeness (QED) is 0.410. The summed E-state index contributed by atoms with van der Waals surface area (Å²) in [6.45, 7) is 3.86. The van der Waals surface area contributed by atoms with Gasteiger partial charge >= 0.3 is 0 Å². The number of nitrogens with one attached hydrogen (secondary N) is 1. The Morgan fingerprint density at radius 2 is 1.93 bits per heavy atom. The van der Waals surface area contributed by atoms with Gasteiger partial charge in [-0.15, -0.1) is 24.0 Å². The molecule has 2 heterocycles. The van der Waals surface area contributed by atoms with Gasteiger partial charge in [0.15, 0.2) is 5.96 Å². The summed E-state index contributed by atoms with van der Waals surface area (Å²) in [7, 11) is 1.73.